The number of imidazole rings is 1. The van der Waals surface area contributed by atoms with Gasteiger partial charge in [-0.1, -0.05) is 48.5 Å². The number of carbonyl (C=O) groups excluding carboxylic acids is 1. The maximum atomic E-state index is 13.3. The van der Waals surface area contributed by atoms with Crippen LogP contribution >= 0.6 is 0 Å². The van der Waals surface area contributed by atoms with E-state index in [1.165, 1.54) is 12.1 Å². The zero-order chi connectivity index (χ0) is 24.6. The highest BCUT2D eigenvalue weighted by atomic mass is 19.4. The van der Waals surface area contributed by atoms with Gasteiger partial charge in [0, 0.05) is 23.6 Å². The smallest absolute Gasteiger partial charge is 0.322 e. The third-order valence-electron chi connectivity index (χ3n) is 5.80. The number of benzene rings is 3. The molecule has 0 unspecified atom stereocenters. The number of aryl methyl sites for hydroxylation is 1. The Morgan fingerprint density at radius 2 is 1.66 bits per heavy atom. The number of nitrogens with zero attached hydrogens (tertiary/aromatic N) is 2. The van der Waals surface area contributed by atoms with Gasteiger partial charge in [-0.25, -0.2) is 4.98 Å². The summed E-state index contributed by atoms with van der Waals surface area (Å²) in [5.74, 6) is -0.342. The third kappa shape index (κ3) is 4.53. The van der Waals surface area contributed by atoms with Crippen LogP contribution in [0.1, 0.15) is 21.5 Å². The molecule has 0 spiro atoms. The van der Waals surface area contributed by atoms with E-state index in [1.54, 1.807) is 31.2 Å². The van der Waals surface area contributed by atoms with Crippen LogP contribution in [0.2, 0.25) is 0 Å². The first kappa shape index (κ1) is 22.4. The third-order valence-corrected chi connectivity index (χ3v) is 5.80. The molecule has 5 aromatic rings. The van der Waals surface area contributed by atoms with Crippen molar-refractivity contribution in [2.45, 2.75) is 13.1 Å². The Morgan fingerprint density at radius 3 is 2.40 bits per heavy atom. The maximum Gasteiger partial charge on any atom is 0.416 e. The molecule has 0 aliphatic carbocycles. The molecule has 0 atom stereocenters. The van der Waals surface area contributed by atoms with E-state index in [-0.39, 0.29) is 5.91 Å². The number of fused-ring (bicyclic) bond motifs is 1. The van der Waals surface area contributed by atoms with Crippen LogP contribution in [0.4, 0.5) is 18.9 Å². The first-order chi connectivity index (χ1) is 16.8. The Bertz CT molecular complexity index is 1500. The number of alkyl halides is 3. The summed E-state index contributed by atoms with van der Waals surface area (Å²) in [5, 5.41) is 2.94. The molecule has 1 amide bonds. The lowest BCUT2D eigenvalue weighted by Gasteiger charge is -2.14. The lowest BCUT2D eigenvalue weighted by molar-refractivity contribution is -0.137. The molecule has 0 radical (unpaired) electrons. The molecule has 3 aromatic carbocycles. The summed E-state index contributed by atoms with van der Waals surface area (Å²) in [6, 6.07) is 23.3. The number of amides is 1. The van der Waals surface area contributed by atoms with Crippen molar-refractivity contribution in [3.63, 3.8) is 0 Å². The number of carbonyl (C=O) groups is 1. The standard InChI is InChI=1S/C28H20F3N3O/c1-18-6-4-9-23(19-11-13-21(14-12-19)28(29,30)31)26(18)27(35)32-22-8-5-7-20(16-22)24-17-34-15-3-2-10-25(34)33-24/h2-17H,1H3,(H,32,35). The SMILES string of the molecule is Cc1cccc(-c2ccc(C(F)(F)F)cc2)c1C(=O)Nc1cccc(-c2cn3ccccc3n2)c1. The van der Waals surface area contributed by atoms with Gasteiger partial charge in [-0.15, -0.1) is 0 Å². The molecule has 0 bridgehead atoms. The van der Waals surface area contributed by atoms with Gasteiger partial charge in [-0.05, 0) is 60.0 Å². The monoisotopic (exact) mass is 471 g/mol. The second-order valence-corrected chi connectivity index (χ2v) is 8.20. The van der Waals surface area contributed by atoms with Crippen molar-refractivity contribution in [3.8, 4) is 22.4 Å². The van der Waals surface area contributed by atoms with Crippen LogP contribution in [0.15, 0.2) is 97.3 Å². The predicted molar refractivity (Wildman–Crippen MR) is 130 cm³/mol. The molecular formula is C28H20F3N3O. The first-order valence-electron chi connectivity index (χ1n) is 10.9. The molecule has 5 rings (SSSR count). The average molecular weight is 471 g/mol. The summed E-state index contributed by atoms with van der Waals surface area (Å²) < 4.78 is 40.9. The summed E-state index contributed by atoms with van der Waals surface area (Å²) in [7, 11) is 0. The van der Waals surface area contributed by atoms with Crippen molar-refractivity contribution < 1.29 is 18.0 Å². The van der Waals surface area contributed by atoms with E-state index in [4.69, 9.17) is 0 Å². The van der Waals surface area contributed by atoms with Gasteiger partial charge in [0.2, 0.25) is 0 Å². The van der Waals surface area contributed by atoms with Crippen LogP contribution in [-0.4, -0.2) is 15.3 Å². The molecule has 2 aromatic heterocycles. The van der Waals surface area contributed by atoms with Crippen LogP contribution in [0, 0.1) is 6.92 Å². The molecule has 4 nitrogen and oxygen atoms in total. The highest BCUT2D eigenvalue weighted by Gasteiger charge is 2.30. The largest absolute Gasteiger partial charge is 0.416 e. The molecule has 1 N–H and O–H groups in total. The van der Waals surface area contributed by atoms with Gasteiger partial charge in [0.15, 0.2) is 0 Å². The molecular weight excluding hydrogens is 451 g/mol. The lowest BCUT2D eigenvalue weighted by atomic mass is 9.94. The minimum absolute atomic E-state index is 0.342. The molecule has 0 fully saturated rings. The van der Waals surface area contributed by atoms with Crippen molar-refractivity contribution in [1.82, 2.24) is 9.38 Å². The number of hydrogen-bond donors (Lipinski definition) is 1. The fourth-order valence-electron chi connectivity index (χ4n) is 4.07. The summed E-state index contributed by atoms with van der Waals surface area (Å²) >= 11 is 0. The van der Waals surface area contributed by atoms with Crippen molar-refractivity contribution in [2.75, 3.05) is 5.32 Å². The number of anilines is 1. The first-order valence-corrected chi connectivity index (χ1v) is 10.9. The van der Waals surface area contributed by atoms with Gasteiger partial charge in [0.25, 0.3) is 5.91 Å². The Morgan fingerprint density at radius 1 is 0.886 bits per heavy atom. The fraction of sp³-hybridized carbons (Fsp3) is 0.0714. The Hall–Kier alpha value is -4.39. The van der Waals surface area contributed by atoms with Crippen LogP contribution in [0.25, 0.3) is 28.0 Å². The normalized spacial score (nSPS) is 11.5. The maximum absolute atomic E-state index is 13.3. The van der Waals surface area contributed by atoms with Crippen LogP contribution in [0.3, 0.4) is 0 Å². The predicted octanol–water partition coefficient (Wildman–Crippen LogP) is 7.25. The second kappa shape index (κ2) is 8.76. The van der Waals surface area contributed by atoms with Crippen LogP contribution in [0.5, 0.6) is 0 Å². The van der Waals surface area contributed by atoms with Crippen LogP contribution in [-0.2, 0) is 6.18 Å². The lowest BCUT2D eigenvalue weighted by Crippen LogP contribution is -2.15. The van der Waals surface area contributed by atoms with E-state index >= 15 is 0 Å². The molecule has 7 heteroatoms. The van der Waals surface area contributed by atoms with Gasteiger partial charge in [-0.3, -0.25) is 4.79 Å². The minimum Gasteiger partial charge on any atom is -0.322 e. The number of pyridine rings is 1. The molecule has 0 saturated heterocycles. The van der Waals surface area contributed by atoms with E-state index < -0.39 is 11.7 Å². The molecule has 0 saturated carbocycles. The van der Waals surface area contributed by atoms with E-state index in [0.29, 0.717) is 22.4 Å². The average Bonchev–Trinajstić information content (AvgIpc) is 3.28. The molecule has 35 heavy (non-hydrogen) atoms. The van der Waals surface area contributed by atoms with Crippen LogP contribution < -0.4 is 5.32 Å². The Kier molecular flexibility index (Phi) is 5.61. The summed E-state index contributed by atoms with van der Waals surface area (Å²) in [6.07, 6.45) is -0.587. The van der Waals surface area contributed by atoms with Crippen molar-refractivity contribution in [3.05, 3.63) is 114 Å². The number of hydrogen-bond acceptors (Lipinski definition) is 2. The number of halogens is 3. The van der Waals surface area contributed by atoms with Crippen molar-refractivity contribution >= 4 is 17.2 Å². The number of nitrogens with one attached hydrogen (secondary N) is 1. The molecule has 0 aliphatic heterocycles. The topological polar surface area (TPSA) is 46.4 Å². The number of aromatic nitrogens is 2. The fourth-order valence-corrected chi connectivity index (χ4v) is 4.07. The van der Waals surface area contributed by atoms with E-state index in [9.17, 15) is 18.0 Å². The van der Waals surface area contributed by atoms with Gasteiger partial charge in [0.05, 0.1) is 16.8 Å². The summed E-state index contributed by atoms with van der Waals surface area (Å²) in [5.41, 5.74) is 4.51. The Labute approximate surface area is 199 Å². The quantitative estimate of drug-likeness (QED) is 0.300. The number of rotatable bonds is 4. The summed E-state index contributed by atoms with van der Waals surface area (Å²) in [4.78, 5) is 18.0. The zero-order valence-electron chi connectivity index (χ0n) is 18.7. The highest BCUT2D eigenvalue weighted by Crippen LogP contribution is 2.33. The van der Waals surface area contributed by atoms with E-state index in [2.05, 4.69) is 10.3 Å². The molecule has 0 aliphatic rings. The van der Waals surface area contributed by atoms with E-state index in [0.717, 1.165) is 34.6 Å². The van der Waals surface area contributed by atoms with Gasteiger partial charge in [-0.2, -0.15) is 13.2 Å². The second-order valence-electron chi connectivity index (χ2n) is 8.20. The summed E-state index contributed by atoms with van der Waals surface area (Å²) in [6.45, 7) is 1.80. The molecule has 2 heterocycles. The highest BCUT2D eigenvalue weighted by molar-refractivity contribution is 6.10. The minimum atomic E-state index is -4.42. The van der Waals surface area contributed by atoms with Gasteiger partial charge in [0.1, 0.15) is 5.65 Å². The zero-order valence-corrected chi connectivity index (χ0v) is 18.7. The van der Waals surface area contributed by atoms with Crippen molar-refractivity contribution in [2.24, 2.45) is 0 Å². The Balaban J connectivity index is 1.45. The van der Waals surface area contributed by atoms with E-state index in [1.807, 2.05) is 53.2 Å². The van der Waals surface area contributed by atoms with Gasteiger partial charge < -0.3 is 9.72 Å². The van der Waals surface area contributed by atoms with Gasteiger partial charge >= 0.3 is 6.18 Å². The van der Waals surface area contributed by atoms with Crippen molar-refractivity contribution in [1.29, 1.82) is 0 Å². The molecule has 174 valence electrons.